The van der Waals surface area contributed by atoms with Gasteiger partial charge in [0.15, 0.2) is 0 Å². The third-order valence-electron chi connectivity index (χ3n) is 5.44. The number of halogens is 2. The fraction of sp³-hybridized carbons (Fsp3) is 0.348. The van der Waals surface area contributed by atoms with Gasteiger partial charge in [-0.25, -0.2) is 9.18 Å². The maximum absolute atomic E-state index is 14.4. The van der Waals surface area contributed by atoms with Crippen LogP contribution in [0.4, 0.5) is 10.1 Å². The van der Waals surface area contributed by atoms with Gasteiger partial charge < -0.3 is 19.8 Å². The molecule has 1 atom stereocenters. The Morgan fingerprint density at radius 2 is 2.03 bits per heavy atom. The zero-order valence-electron chi connectivity index (χ0n) is 17.2. The number of rotatable bonds is 7. The van der Waals surface area contributed by atoms with Gasteiger partial charge in [-0.3, -0.25) is 0 Å². The Labute approximate surface area is 180 Å². The van der Waals surface area contributed by atoms with Crippen LogP contribution in [0.2, 0.25) is 5.02 Å². The topological polar surface area (TPSA) is 70.0 Å². The van der Waals surface area contributed by atoms with Gasteiger partial charge in [-0.1, -0.05) is 37.6 Å². The molecule has 0 fully saturated rings. The molecule has 0 aromatic heterocycles. The van der Waals surface area contributed by atoms with Gasteiger partial charge in [0.1, 0.15) is 11.6 Å². The Hall–Kier alpha value is -2.57. The lowest BCUT2D eigenvalue weighted by Gasteiger charge is -2.37. The molecule has 1 heterocycles. The summed E-state index contributed by atoms with van der Waals surface area (Å²) in [6, 6.07) is 8.23. The molecule has 0 bridgehead atoms. The maximum atomic E-state index is 14.4. The summed E-state index contributed by atoms with van der Waals surface area (Å²) in [5.74, 6) is -0.847. The van der Waals surface area contributed by atoms with Gasteiger partial charge in [0.05, 0.1) is 30.4 Å². The highest BCUT2D eigenvalue weighted by Gasteiger charge is 2.29. The Morgan fingerprint density at radius 1 is 1.30 bits per heavy atom. The number of ether oxygens (including phenoxy) is 1. The second kappa shape index (κ2) is 9.06. The molecule has 2 aromatic rings. The van der Waals surface area contributed by atoms with Gasteiger partial charge >= 0.3 is 5.97 Å². The quantitative estimate of drug-likeness (QED) is 0.676. The largest absolute Gasteiger partial charge is 0.496 e. The number of benzene rings is 2. The molecule has 3 rings (SSSR count). The summed E-state index contributed by atoms with van der Waals surface area (Å²) in [4.78, 5) is 13.5. The molecule has 1 aliphatic heterocycles. The molecule has 0 radical (unpaired) electrons. The molecule has 30 heavy (non-hydrogen) atoms. The highest BCUT2D eigenvalue weighted by atomic mass is 35.5. The summed E-state index contributed by atoms with van der Waals surface area (Å²) in [6.45, 7) is 3.81. The number of aliphatic hydroxyl groups is 1. The summed E-state index contributed by atoms with van der Waals surface area (Å²) in [7, 11) is 1.54. The lowest BCUT2D eigenvalue weighted by Crippen LogP contribution is -2.41. The molecule has 1 aliphatic rings. The first-order valence-electron chi connectivity index (χ1n) is 9.72. The summed E-state index contributed by atoms with van der Waals surface area (Å²) in [5, 5.41) is 19.6. The van der Waals surface area contributed by atoms with E-state index < -0.39 is 11.8 Å². The Morgan fingerprint density at radius 3 is 2.63 bits per heavy atom. The van der Waals surface area contributed by atoms with Crippen LogP contribution in [0.3, 0.4) is 0 Å². The number of methoxy groups -OCH3 is 1. The van der Waals surface area contributed by atoms with E-state index in [1.54, 1.807) is 23.2 Å². The van der Waals surface area contributed by atoms with E-state index >= 15 is 0 Å². The monoisotopic (exact) mass is 433 g/mol. The highest BCUT2D eigenvalue weighted by molar-refractivity contribution is 6.30. The van der Waals surface area contributed by atoms with Crippen molar-refractivity contribution in [2.45, 2.75) is 32.7 Å². The second-order valence-corrected chi connectivity index (χ2v) is 8.13. The van der Waals surface area contributed by atoms with Crippen molar-refractivity contribution in [1.82, 2.24) is 0 Å². The van der Waals surface area contributed by atoms with Gasteiger partial charge in [0, 0.05) is 30.8 Å². The maximum Gasteiger partial charge on any atom is 0.333 e. The van der Waals surface area contributed by atoms with Crippen LogP contribution in [0.5, 0.6) is 5.75 Å². The number of carbonyl (C=O) groups is 1. The molecule has 0 aliphatic carbocycles. The third-order valence-corrected chi connectivity index (χ3v) is 5.73. The van der Waals surface area contributed by atoms with E-state index in [2.05, 4.69) is 0 Å². The minimum absolute atomic E-state index is 0.0504. The summed E-state index contributed by atoms with van der Waals surface area (Å²) >= 11 is 5.91. The predicted octanol–water partition coefficient (Wildman–Crippen LogP) is 4.43. The van der Waals surface area contributed by atoms with Crippen LogP contribution in [-0.2, 0) is 17.6 Å². The molecule has 0 unspecified atom stereocenters. The smallest absolute Gasteiger partial charge is 0.333 e. The van der Waals surface area contributed by atoms with Crippen molar-refractivity contribution in [3.63, 3.8) is 0 Å². The summed E-state index contributed by atoms with van der Waals surface area (Å²) in [6.07, 6.45) is 2.07. The van der Waals surface area contributed by atoms with Crippen LogP contribution in [0.25, 0.3) is 0 Å². The van der Waals surface area contributed by atoms with Gasteiger partial charge in [0.25, 0.3) is 0 Å². The van der Waals surface area contributed by atoms with Gasteiger partial charge in [-0.05, 0) is 34.7 Å². The molecule has 7 heteroatoms. The van der Waals surface area contributed by atoms with Gasteiger partial charge in [-0.15, -0.1) is 0 Å². The van der Waals surface area contributed by atoms with E-state index in [1.165, 1.54) is 13.2 Å². The number of aliphatic carboxylic acids is 1. The molecule has 5 nitrogen and oxygen atoms in total. The molecular formula is C23H25ClFNO4. The zero-order chi connectivity index (χ0) is 22.0. The number of anilines is 1. The van der Waals surface area contributed by atoms with Crippen LogP contribution in [-0.4, -0.2) is 35.9 Å². The lowest BCUT2D eigenvalue weighted by atomic mass is 9.92. The van der Waals surface area contributed by atoms with E-state index in [1.807, 2.05) is 26.0 Å². The highest BCUT2D eigenvalue weighted by Crippen LogP contribution is 2.38. The molecule has 2 N–H and O–H groups in total. The van der Waals surface area contributed by atoms with E-state index in [0.29, 0.717) is 11.3 Å². The average Bonchev–Trinajstić information content (AvgIpc) is 2.70. The first kappa shape index (κ1) is 22.1. The van der Waals surface area contributed by atoms with Gasteiger partial charge in [-0.2, -0.15) is 0 Å². The van der Waals surface area contributed by atoms with Crippen molar-refractivity contribution in [3.05, 3.63) is 69.6 Å². The summed E-state index contributed by atoms with van der Waals surface area (Å²) < 4.78 is 20.0. The minimum atomic E-state index is -1.01. The third kappa shape index (κ3) is 4.30. The van der Waals surface area contributed by atoms with Crippen molar-refractivity contribution < 1.29 is 24.1 Å². The normalized spacial score (nSPS) is 14.4. The molecule has 0 saturated heterocycles. The number of nitrogens with zero attached hydrogens (tertiary/aromatic N) is 1. The Bertz CT molecular complexity index is 989. The average molecular weight is 434 g/mol. The summed E-state index contributed by atoms with van der Waals surface area (Å²) in [5.41, 5.74) is 2.95. The zero-order valence-corrected chi connectivity index (χ0v) is 17.9. The second-order valence-electron chi connectivity index (χ2n) is 7.72. The predicted molar refractivity (Wildman–Crippen MR) is 115 cm³/mol. The first-order chi connectivity index (χ1) is 14.3. The fourth-order valence-corrected chi connectivity index (χ4v) is 3.97. The van der Waals surface area contributed by atoms with E-state index in [4.69, 9.17) is 16.3 Å². The van der Waals surface area contributed by atoms with Crippen LogP contribution >= 0.6 is 11.6 Å². The fourth-order valence-electron chi connectivity index (χ4n) is 3.78. The van der Waals surface area contributed by atoms with E-state index in [0.717, 1.165) is 16.8 Å². The van der Waals surface area contributed by atoms with Crippen LogP contribution < -0.4 is 9.64 Å². The molecule has 0 amide bonds. The van der Waals surface area contributed by atoms with Crippen LogP contribution in [0.15, 0.2) is 42.1 Å². The molecular weight excluding hydrogens is 409 g/mol. The standard InChI is InChI=1S/C23H25ClFNO4/c1-13(2)20(12-27)26-11-17(23(28)29)9-15-8-16(21(30-3)10-19(15)26)7-14-5-4-6-18(24)22(14)25/h4-6,8,10-11,13,20,27H,7,9,12H2,1-3H3,(H,28,29)/t20-/m1/s1. The van der Waals surface area contributed by atoms with Crippen molar-refractivity contribution in [1.29, 1.82) is 0 Å². The van der Waals surface area contributed by atoms with Crippen LogP contribution in [0.1, 0.15) is 30.5 Å². The number of carboxylic acids is 1. The van der Waals surface area contributed by atoms with Crippen molar-refractivity contribution in [3.8, 4) is 5.75 Å². The van der Waals surface area contributed by atoms with Gasteiger partial charge in [0.2, 0.25) is 0 Å². The molecule has 0 saturated carbocycles. The number of hydrogen-bond acceptors (Lipinski definition) is 4. The number of carboxylic acid groups (broad SMARTS) is 1. The van der Waals surface area contributed by atoms with Crippen molar-refractivity contribution in [2.75, 3.05) is 18.6 Å². The van der Waals surface area contributed by atoms with E-state index in [-0.39, 0.29) is 42.0 Å². The Kier molecular flexibility index (Phi) is 6.68. The van der Waals surface area contributed by atoms with Crippen LogP contribution in [0, 0.1) is 11.7 Å². The SMILES string of the molecule is COc1cc2c(cc1Cc1cccc(Cl)c1F)CC(C(=O)O)=CN2[C@H](CO)C(C)C. The van der Waals surface area contributed by atoms with Crippen molar-refractivity contribution in [2.24, 2.45) is 5.92 Å². The Balaban J connectivity index is 2.10. The lowest BCUT2D eigenvalue weighted by molar-refractivity contribution is -0.132. The molecule has 2 aromatic carbocycles. The first-order valence-corrected chi connectivity index (χ1v) is 10.1. The number of hydrogen-bond donors (Lipinski definition) is 2. The van der Waals surface area contributed by atoms with Crippen molar-refractivity contribution >= 4 is 23.3 Å². The molecule has 160 valence electrons. The number of aliphatic hydroxyl groups excluding tert-OH is 1. The molecule has 0 spiro atoms. The minimum Gasteiger partial charge on any atom is -0.496 e. The van der Waals surface area contributed by atoms with E-state index in [9.17, 15) is 19.4 Å². The number of fused-ring (bicyclic) bond motifs is 1.